The highest BCUT2D eigenvalue weighted by molar-refractivity contribution is 9.10. The molecule has 1 aliphatic carbocycles. The molecule has 94 valence electrons. The summed E-state index contributed by atoms with van der Waals surface area (Å²) in [4.78, 5) is 2.32. The van der Waals surface area contributed by atoms with Gasteiger partial charge in [0.25, 0.3) is 0 Å². The number of hydrogen-bond donors (Lipinski definition) is 0. The zero-order valence-electron chi connectivity index (χ0n) is 9.80. The van der Waals surface area contributed by atoms with Crippen LogP contribution in [0.4, 0.5) is 0 Å². The summed E-state index contributed by atoms with van der Waals surface area (Å²) in [5.74, 6) is 0.761. The van der Waals surface area contributed by atoms with Gasteiger partial charge in [-0.1, -0.05) is 33.6 Å². The molecule has 0 aromatic heterocycles. The van der Waals surface area contributed by atoms with Crippen molar-refractivity contribution >= 4 is 39.1 Å². The van der Waals surface area contributed by atoms with E-state index in [1.54, 1.807) is 0 Å². The molecule has 1 fully saturated rings. The minimum Gasteiger partial charge on any atom is -0.302 e. The molecule has 0 unspecified atom stereocenters. The summed E-state index contributed by atoms with van der Waals surface area (Å²) in [6.07, 6.45) is 2.31. The lowest BCUT2D eigenvalue weighted by molar-refractivity contribution is 0.204. The Hall–Kier alpha value is 0.240. The molecule has 0 radical (unpaired) electrons. The average molecular weight is 337 g/mol. The first-order valence-electron chi connectivity index (χ1n) is 5.81. The molecule has 1 nitrogen and oxygen atoms in total. The molecule has 0 spiro atoms. The van der Waals surface area contributed by atoms with Gasteiger partial charge in [0, 0.05) is 28.0 Å². The molecule has 0 heterocycles. The van der Waals surface area contributed by atoms with Crippen LogP contribution < -0.4 is 0 Å². The monoisotopic (exact) mass is 335 g/mol. The number of hydrogen-bond acceptors (Lipinski definition) is 1. The first-order valence-corrected chi connectivity index (χ1v) is 7.42. The van der Waals surface area contributed by atoms with Gasteiger partial charge in [0.05, 0.1) is 0 Å². The van der Waals surface area contributed by atoms with Crippen molar-refractivity contribution in [2.75, 3.05) is 13.6 Å². The number of rotatable bonds is 4. The second-order valence-corrected chi connectivity index (χ2v) is 6.81. The second kappa shape index (κ2) is 5.92. The van der Waals surface area contributed by atoms with Gasteiger partial charge in [0.15, 0.2) is 0 Å². The van der Waals surface area contributed by atoms with E-state index in [0.717, 1.165) is 41.3 Å². The summed E-state index contributed by atoms with van der Waals surface area (Å²) in [5.41, 5.74) is 1.18. The molecule has 0 atom stereocenters. The largest absolute Gasteiger partial charge is 0.302 e. The Balaban J connectivity index is 1.87. The van der Waals surface area contributed by atoms with Crippen LogP contribution in [-0.2, 0) is 6.54 Å². The fraction of sp³-hybridized carbons (Fsp3) is 0.538. The molecule has 0 aliphatic heterocycles. The Bertz CT molecular complexity index is 391. The third-order valence-corrected chi connectivity index (χ3v) is 4.40. The van der Waals surface area contributed by atoms with E-state index >= 15 is 0 Å². The van der Waals surface area contributed by atoms with Gasteiger partial charge in [-0.3, -0.25) is 0 Å². The normalized spacial score (nSPS) is 23.8. The van der Waals surface area contributed by atoms with Crippen LogP contribution in [0.3, 0.4) is 0 Å². The van der Waals surface area contributed by atoms with Crippen LogP contribution >= 0.6 is 39.1 Å². The third-order valence-electron chi connectivity index (χ3n) is 3.20. The summed E-state index contributed by atoms with van der Waals surface area (Å²) >= 11 is 15.6. The molecule has 1 saturated carbocycles. The second-order valence-electron chi connectivity index (χ2n) is 4.87. The predicted octanol–water partition coefficient (Wildman–Crippen LogP) is 4.55. The highest BCUT2D eigenvalue weighted by Gasteiger charge is 2.27. The van der Waals surface area contributed by atoms with Gasteiger partial charge in [0.1, 0.15) is 0 Å². The first kappa shape index (κ1) is 13.7. The summed E-state index contributed by atoms with van der Waals surface area (Å²) in [6, 6.07) is 6.06. The van der Waals surface area contributed by atoms with E-state index in [1.807, 2.05) is 12.1 Å². The summed E-state index contributed by atoms with van der Waals surface area (Å²) in [6.45, 7) is 2.01. The first-order chi connectivity index (χ1) is 8.04. The van der Waals surface area contributed by atoms with E-state index in [-0.39, 0.29) is 0 Å². The van der Waals surface area contributed by atoms with Crippen molar-refractivity contribution in [3.63, 3.8) is 0 Å². The zero-order chi connectivity index (χ0) is 12.4. The van der Waals surface area contributed by atoms with Gasteiger partial charge in [-0.05, 0) is 43.5 Å². The molecule has 1 aromatic rings. The number of benzene rings is 1. The van der Waals surface area contributed by atoms with Crippen molar-refractivity contribution < 1.29 is 0 Å². The molecule has 1 aliphatic rings. The van der Waals surface area contributed by atoms with Gasteiger partial charge >= 0.3 is 0 Å². The molecule has 4 heteroatoms. The Kier molecular flexibility index (Phi) is 4.76. The molecule has 2 rings (SSSR count). The number of halogens is 3. The molecular formula is C13H16BrCl2N. The van der Waals surface area contributed by atoms with Crippen LogP contribution in [0.1, 0.15) is 18.4 Å². The summed E-state index contributed by atoms with van der Waals surface area (Å²) in [7, 11) is 2.14. The van der Waals surface area contributed by atoms with Crippen LogP contribution in [0.15, 0.2) is 22.7 Å². The van der Waals surface area contributed by atoms with E-state index < -0.39 is 0 Å². The Morgan fingerprint density at radius 1 is 1.41 bits per heavy atom. The highest BCUT2D eigenvalue weighted by atomic mass is 79.9. The van der Waals surface area contributed by atoms with Gasteiger partial charge in [-0.25, -0.2) is 0 Å². The minimum absolute atomic E-state index is 0.407. The maximum Gasteiger partial charge on any atom is 0.0462 e. The Morgan fingerprint density at radius 3 is 2.71 bits per heavy atom. The van der Waals surface area contributed by atoms with E-state index in [2.05, 4.69) is 33.9 Å². The molecule has 17 heavy (non-hydrogen) atoms. The van der Waals surface area contributed by atoms with Crippen LogP contribution in [0, 0.1) is 5.92 Å². The molecule has 0 amide bonds. The topological polar surface area (TPSA) is 3.24 Å². The van der Waals surface area contributed by atoms with E-state index in [0.29, 0.717) is 5.38 Å². The van der Waals surface area contributed by atoms with Crippen molar-refractivity contribution in [3.8, 4) is 0 Å². The van der Waals surface area contributed by atoms with Gasteiger partial charge < -0.3 is 4.90 Å². The molecule has 1 aromatic carbocycles. The smallest absolute Gasteiger partial charge is 0.0462 e. The average Bonchev–Trinajstić information content (AvgIpc) is 2.20. The van der Waals surface area contributed by atoms with Crippen LogP contribution in [0.5, 0.6) is 0 Å². The van der Waals surface area contributed by atoms with Crippen molar-refractivity contribution in [3.05, 3.63) is 33.3 Å². The molecule has 0 N–H and O–H groups in total. The predicted molar refractivity (Wildman–Crippen MR) is 77.9 cm³/mol. The van der Waals surface area contributed by atoms with Gasteiger partial charge in [-0.15, -0.1) is 11.6 Å². The van der Waals surface area contributed by atoms with Gasteiger partial charge in [-0.2, -0.15) is 0 Å². The van der Waals surface area contributed by atoms with Crippen molar-refractivity contribution in [2.45, 2.75) is 24.8 Å². The van der Waals surface area contributed by atoms with E-state index in [1.165, 1.54) is 5.56 Å². The number of nitrogens with zero attached hydrogens (tertiary/aromatic N) is 1. The quantitative estimate of drug-likeness (QED) is 0.729. The van der Waals surface area contributed by atoms with Crippen LogP contribution in [0.25, 0.3) is 0 Å². The standard InChI is InChI=1S/C13H16BrCl2N/c1-17(7-9-4-12(15)5-9)8-10-2-3-11(14)6-13(10)16/h2-3,6,9,12H,4-5,7-8H2,1H3. The third kappa shape index (κ3) is 3.85. The van der Waals surface area contributed by atoms with E-state index in [9.17, 15) is 0 Å². The lowest BCUT2D eigenvalue weighted by Gasteiger charge is -2.34. The maximum atomic E-state index is 6.20. The van der Waals surface area contributed by atoms with Crippen molar-refractivity contribution in [2.24, 2.45) is 5.92 Å². The van der Waals surface area contributed by atoms with Crippen molar-refractivity contribution in [1.82, 2.24) is 4.90 Å². The fourth-order valence-corrected chi connectivity index (χ4v) is 3.49. The van der Waals surface area contributed by atoms with E-state index in [4.69, 9.17) is 23.2 Å². The lowest BCUT2D eigenvalue weighted by atomic mass is 9.84. The SMILES string of the molecule is CN(Cc1ccc(Br)cc1Cl)CC1CC(Cl)C1. The Labute approximate surface area is 121 Å². The summed E-state index contributed by atoms with van der Waals surface area (Å²) in [5, 5.41) is 1.24. The zero-order valence-corrected chi connectivity index (χ0v) is 12.9. The minimum atomic E-state index is 0.407. The highest BCUT2D eigenvalue weighted by Crippen LogP contribution is 2.32. The Morgan fingerprint density at radius 2 is 2.12 bits per heavy atom. The van der Waals surface area contributed by atoms with Crippen molar-refractivity contribution in [1.29, 1.82) is 0 Å². The molecular weight excluding hydrogens is 321 g/mol. The number of alkyl halides is 1. The van der Waals surface area contributed by atoms with Gasteiger partial charge in [0.2, 0.25) is 0 Å². The maximum absolute atomic E-state index is 6.20. The van der Waals surface area contributed by atoms with Crippen LogP contribution in [-0.4, -0.2) is 23.9 Å². The van der Waals surface area contributed by atoms with Crippen LogP contribution in [0.2, 0.25) is 5.02 Å². The summed E-state index contributed by atoms with van der Waals surface area (Å²) < 4.78 is 1.03. The molecule has 0 saturated heterocycles. The lowest BCUT2D eigenvalue weighted by Crippen LogP contribution is -2.34. The molecule has 0 bridgehead atoms. The fourth-order valence-electron chi connectivity index (χ4n) is 2.25.